The average Bonchev–Trinajstić information content (AvgIpc) is 2.26. The first-order valence-corrected chi connectivity index (χ1v) is 6.77. The summed E-state index contributed by atoms with van der Waals surface area (Å²) < 4.78 is 39.0. The fourth-order valence-corrected chi connectivity index (χ4v) is 2.60. The van der Waals surface area contributed by atoms with Gasteiger partial charge in [0.15, 0.2) is 0 Å². The van der Waals surface area contributed by atoms with Gasteiger partial charge in [-0.3, -0.25) is 4.79 Å². The predicted octanol–water partition coefficient (Wildman–Crippen LogP) is 1.21. The Labute approximate surface area is 105 Å². The highest BCUT2D eigenvalue weighted by molar-refractivity contribution is 7.89. The monoisotopic (exact) mass is 275 g/mol. The van der Waals surface area contributed by atoms with Crippen molar-refractivity contribution < 1.29 is 22.7 Å². The molecule has 0 aliphatic rings. The molecule has 0 fully saturated rings. The summed E-state index contributed by atoms with van der Waals surface area (Å²) in [6, 6.07) is 5.01. The lowest BCUT2D eigenvalue weighted by molar-refractivity contribution is -0.137. The zero-order valence-electron chi connectivity index (χ0n) is 9.76. The van der Waals surface area contributed by atoms with Crippen molar-refractivity contribution in [2.75, 3.05) is 6.54 Å². The first-order valence-electron chi connectivity index (χ1n) is 5.29. The van der Waals surface area contributed by atoms with Crippen LogP contribution in [0.3, 0.4) is 0 Å². The SMILES string of the molecule is CC(CNS(=O)(=O)c1ccccc1F)CC(=O)O. The number of rotatable bonds is 6. The Morgan fingerprint density at radius 2 is 2.06 bits per heavy atom. The highest BCUT2D eigenvalue weighted by atomic mass is 32.2. The molecule has 0 heterocycles. The van der Waals surface area contributed by atoms with Crippen LogP contribution >= 0.6 is 0 Å². The molecule has 0 amide bonds. The fraction of sp³-hybridized carbons (Fsp3) is 0.364. The maximum Gasteiger partial charge on any atom is 0.303 e. The van der Waals surface area contributed by atoms with Gasteiger partial charge in [-0.25, -0.2) is 17.5 Å². The molecule has 1 atom stereocenters. The van der Waals surface area contributed by atoms with E-state index < -0.39 is 26.7 Å². The van der Waals surface area contributed by atoms with Crippen LogP contribution in [0, 0.1) is 11.7 Å². The van der Waals surface area contributed by atoms with Crippen LogP contribution in [0.15, 0.2) is 29.2 Å². The molecule has 0 aliphatic heterocycles. The molecule has 1 aromatic rings. The third kappa shape index (κ3) is 4.08. The zero-order chi connectivity index (χ0) is 13.8. The van der Waals surface area contributed by atoms with Crippen LogP contribution in [0.2, 0.25) is 0 Å². The van der Waals surface area contributed by atoms with E-state index in [1.165, 1.54) is 12.1 Å². The Hall–Kier alpha value is -1.47. The van der Waals surface area contributed by atoms with Crippen molar-refractivity contribution in [2.24, 2.45) is 5.92 Å². The number of halogens is 1. The van der Waals surface area contributed by atoms with Crippen LogP contribution in [0.4, 0.5) is 4.39 Å². The van der Waals surface area contributed by atoms with E-state index >= 15 is 0 Å². The number of carboxylic acid groups (broad SMARTS) is 1. The molecule has 1 aromatic carbocycles. The lowest BCUT2D eigenvalue weighted by atomic mass is 10.1. The Balaban J connectivity index is 2.72. The molecule has 0 radical (unpaired) electrons. The van der Waals surface area contributed by atoms with Gasteiger partial charge in [-0.1, -0.05) is 19.1 Å². The number of carbonyl (C=O) groups is 1. The van der Waals surface area contributed by atoms with Crippen LogP contribution in [-0.4, -0.2) is 26.0 Å². The van der Waals surface area contributed by atoms with Crippen molar-refractivity contribution in [1.29, 1.82) is 0 Å². The summed E-state index contributed by atoms with van der Waals surface area (Å²) in [5.41, 5.74) is 0. The van der Waals surface area contributed by atoms with E-state index in [0.717, 1.165) is 12.1 Å². The van der Waals surface area contributed by atoms with E-state index in [9.17, 15) is 17.6 Å². The lowest BCUT2D eigenvalue weighted by Crippen LogP contribution is -2.29. The molecule has 1 rings (SSSR count). The Kier molecular flexibility index (Phi) is 4.80. The quantitative estimate of drug-likeness (QED) is 0.817. The van der Waals surface area contributed by atoms with Gasteiger partial charge >= 0.3 is 5.97 Å². The number of benzene rings is 1. The summed E-state index contributed by atoms with van der Waals surface area (Å²) >= 11 is 0. The second kappa shape index (κ2) is 5.92. The van der Waals surface area contributed by atoms with Crippen LogP contribution in [0.5, 0.6) is 0 Å². The number of hydrogen-bond acceptors (Lipinski definition) is 3. The van der Waals surface area contributed by atoms with Crippen molar-refractivity contribution in [2.45, 2.75) is 18.2 Å². The summed E-state index contributed by atoms with van der Waals surface area (Å²) in [7, 11) is -3.94. The van der Waals surface area contributed by atoms with Crippen LogP contribution < -0.4 is 4.72 Å². The molecule has 18 heavy (non-hydrogen) atoms. The van der Waals surface area contributed by atoms with Gasteiger partial charge in [0.1, 0.15) is 10.7 Å². The largest absolute Gasteiger partial charge is 0.481 e. The topological polar surface area (TPSA) is 83.5 Å². The second-order valence-electron chi connectivity index (χ2n) is 3.99. The molecule has 100 valence electrons. The lowest BCUT2D eigenvalue weighted by Gasteiger charge is -2.11. The zero-order valence-corrected chi connectivity index (χ0v) is 10.6. The average molecular weight is 275 g/mol. The third-order valence-corrected chi connectivity index (χ3v) is 3.73. The highest BCUT2D eigenvalue weighted by Gasteiger charge is 2.19. The van der Waals surface area contributed by atoms with E-state index in [1.54, 1.807) is 6.92 Å². The maximum absolute atomic E-state index is 13.3. The smallest absolute Gasteiger partial charge is 0.303 e. The number of carboxylic acids is 1. The first kappa shape index (κ1) is 14.6. The van der Waals surface area contributed by atoms with E-state index in [0.29, 0.717) is 0 Å². The van der Waals surface area contributed by atoms with Gasteiger partial charge < -0.3 is 5.11 Å². The molecular weight excluding hydrogens is 261 g/mol. The van der Waals surface area contributed by atoms with E-state index in [-0.39, 0.29) is 18.9 Å². The van der Waals surface area contributed by atoms with Gasteiger partial charge in [-0.15, -0.1) is 0 Å². The van der Waals surface area contributed by atoms with Crippen molar-refractivity contribution in [3.63, 3.8) is 0 Å². The number of aliphatic carboxylic acids is 1. The first-order chi connectivity index (χ1) is 8.33. The predicted molar refractivity (Wildman–Crippen MR) is 63.0 cm³/mol. The number of nitrogens with one attached hydrogen (secondary N) is 1. The number of sulfonamides is 1. The minimum Gasteiger partial charge on any atom is -0.481 e. The van der Waals surface area contributed by atoms with E-state index in [4.69, 9.17) is 5.11 Å². The van der Waals surface area contributed by atoms with Gasteiger partial charge in [0.2, 0.25) is 10.0 Å². The van der Waals surface area contributed by atoms with Crippen LogP contribution in [-0.2, 0) is 14.8 Å². The summed E-state index contributed by atoms with van der Waals surface area (Å²) in [4.78, 5) is 9.98. The fourth-order valence-electron chi connectivity index (χ4n) is 1.36. The molecule has 0 spiro atoms. The molecular formula is C11H14FNO4S. The Morgan fingerprint density at radius 3 is 2.61 bits per heavy atom. The van der Waals surface area contributed by atoms with Gasteiger partial charge in [-0.2, -0.15) is 0 Å². The molecule has 5 nitrogen and oxygen atoms in total. The van der Waals surface area contributed by atoms with E-state index in [1.807, 2.05) is 0 Å². The molecule has 0 saturated heterocycles. The van der Waals surface area contributed by atoms with Gasteiger partial charge in [0.25, 0.3) is 0 Å². The minimum absolute atomic E-state index is 0.0526. The summed E-state index contributed by atoms with van der Waals surface area (Å²) in [6.07, 6.45) is -0.153. The van der Waals surface area contributed by atoms with Gasteiger partial charge in [0.05, 0.1) is 0 Å². The summed E-state index contributed by atoms with van der Waals surface area (Å²) in [5.74, 6) is -2.22. The minimum atomic E-state index is -3.94. The van der Waals surface area contributed by atoms with Gasteiger partial charge in [-0.05, 0) is 18.1 Å². The van der Waals surface area contributed by atoms with Crippen LogP contribution in [0.1, 0.15) is 13.3 Å². The van der Waals surface area contributed by atoms with Crippen molar-refractivity contribution in [3.05, 3.63) is 30.1 Å². The molecule has 2 N–H and O–H groups in total. The molecule has 0 saturated carbocycles. The molecule has 1 unspecified atom stereocenters. The molecule has 0 aliphatic carbocycles. The second-order valence-corrected chi connectivity index (χ2v) is 5.72. The standard InChI is InChI=1S/C11H14FNO4S/c1-8(6-11(14)15)7-13-18(16,17)10-5-3-2-4-9(10)12/h2-5,8,13H,6-7H2,1H3,(H,14,15). The van der Waals surface area contributed by atoms with Crippen molar-refractivity contribution in [3.8, 4) is 0 Å². The highest BCUT2D eigenvalue weighted by Crippen LogP contribution is 2.13. The molecule has 7 heteroatoms. The summed E-state index contributed by atoms with van der Waals surface area (Å²) in [6.45, 7) is 1.54. The molecule has 0 bridgehead atoms. The maximum atomic E-state index is 13.3. The Morgan fingerprint density at radius 1 is 1.44 bits per heavy atom. The molecule has 0 aromatic heterocycles. The van der Waals surface area contributed by atoms with E-state index in [2.05, 4.69) is 4.72 Å². The Bertz CT molecular complexity index is 530. The van der Waals surface area contributed by atoms with Gasteiger partial charge in [0, 0.05) is 13.0 Å². The van der Waals surface area contributed by atoms with Crippen molar-refractivity contribution >= 4 is 16.0 Å². The van der Waals surface area contributed by atoms with Crippen LogP contribution in [0.25, 0.3) is 0 Å². The number of hydrogen-bond donors (Lipinski definition) is 2. The third-order valence-electron chi connectivity index (χ3n) is 2.27. The van der Waals surface area contributed by atoms with Crippen molar-refractivity contribution in [1.82, 2.24) is 4.72 Å². The summed E-state index contributed by atoms with van der Waals surface area (Å²) in [5, 5.41) is 8.54. The normalized spacial score (nSPS) is 13.2.